The lowest BCUT2D eigenvalue weighted by Gasteiger charge is -2.18. The molecule has 3 aromatic rings. The molecule has 1 aromatic heterocycles. The molecule has 0 radical (unpaired) electrons. The molecule has 31 heavy (non-hydrogen) atoms. The van der Waals surface area contributed by atoms with Crippen LogP contribution in [0.5, 0.6) is 0 Å². The van der Waals surface area contributed by atoms with Gasteiger partial charge in [-0.05, 0) is 36.7 Å². The predicted octanol–water partition coefficient (Wildman–Crippen LogP) is 2.91. The molecule has 1 amide bonds. The van der Waals surface area contributed by atoms with E-state index < -0.39 is 18.0 Å². The number of aryl methyl sites for hydroxylation is 1. The minimum Gasteiger partial charge on any atom is -0.367 e. The first kappa shape index (κ1) is 21.0. The predicted molar refractivity (Wildman–Crippen MR) is 117 cm³/mol. The Morgan fingerprint density at radius 1 is 1.35 bits per heavy atom. The summed E-state index contributed by atoms with van der Waals surface area (Å²) in [5, 5.41) is 16.4. The van der Waals surface area contributed by atoms with E-state index >= 15 is 0 Å². The van der Waals surface area contributed by atoms with Gasteiger partial charge in [0.2, 0.25) is 0 Å². The number of para-hydroxylation sites is 1. The van der Waals surface area contributed by atoms with Gasteiger partial charge in [0.15, 0.2) is 0 Å². The maximum Gasteiger partial charge on any atom is 0.251 e. The number of aromatic nitrogens is 1. The number of benzene rings is 2. The lowest BCUT2D eigenvalue weighted by atomic mass is 10.0. The standard InChI is InChI=1S/C24H25FN4O2/c1-29-21-6-3-2-5-17(21)13-22(29)18-8-7-16(20(25)12-18)11-19(14-26)28-24(30)23-15-27-9-4-10-31-23/h2-3,5-8,12-13,19,23,27H,4,9-11,15H2,1H3,(H,28,30)/t19?,23-/m0/s1. The molecule has 2 aromatic carbocycles. The van der Waals surface area contributed by atoms with Crippen molar-refractivity contribution in [1.29, 1.82) is 5.26 Å². The van der Waals surface area contributed by atoms with E-state index in [2.05, 4.69) is 16.7 Å². The third kappa shape index (κ3) is 4.61. The van der Waals surface area contributed by atoms with Crippen LogP contribution in [0.15, 0.2) is 48.5 Å². The smallest absolute Gasteiger partial charge is 0.251 e. The number of carbonyl (C=O) groups is 1. The van der Waals surface area contributed by atoms with Crippen LogP contribution >= 0.6 is 0 Å². The van der Waals surface area contributed by atoms with E-state index in [1.807, 2.05) is 48.0 Å². The molecule has 1 fully saturated rings. The molecule has 1 aliphatic rings. The van der Waals surface area contributed by atoms with Crippen molar-refractivity contribution in [2.45, 2.75) is 25.0 Å². The van der Waals surface area contributed by atoms with Gasteiger partial charge in [0.05, 0.1) is 6.07 Å². The Morgan fingerprint density at radius 2 is 2.19 bits per heavy atom. The van der Waals surface area contributed by atoms with Crippen LogP contribution in [-0.2, 0) is 23.0 Å². The zero-order chi connectivity index (χ0) is 21.8. The highest BCUT2D eigenvalue weighted by atomic mass is 19.1. The molecular formula is C24H25FN4O2. The number of fused-ring (bicyclic) bond motifs is 1. The van der Waals surface area contributed by atoms with Crippen molar-refractivity contribution in [2.75, 3.05) is 19.7 Å². The fourth-order valence-corrected chi connectivity index (χ4v) is 3.93. The van der Waals surface area contributed by atoms with Crippen LogP contribution in [0.2, 0.25) is 0 Å². The molecule has 0 bridgehead atoms. The first-order valence-electron chi connectivity index (χ1n) is 10.4. The Kier molecular flexibility index (Phi) is 6.31. The van der Waals surface area contributed by atoms with E-state index in [-0.39, 0.29) is 12.3 Å². The lowest BCUT2D eigenvalue weighted by molar-refractivity contribution is -0.132. The summed E-state index contributed by atoms with van der Waals surface area (Å²) in [7, 11) is 1.95. The Bertz CT molecular complexity index is 1130. The average molecular weight is 420 g/mol. The molecule has 2 heterocycles. The zero-order valence-electron chi connectivity index (χ0n) is 17.4. The van der Waals surface area contributed by atoms with Crippen LogP contribution in [0.4, 0.5) is 4.39 Å². The van der Waals surface area contributed by atoms with Crippen LogP contribution in [0.3, 0.4) is 0 Å². The van der Waals surface area contributed by atoms with Crippen molar-refractivity contribution in [3.05, 3.63) is 59.9 Å². The molecule has 0 spiro atoms. The Balaban J connectivity index is 1.48. The number of rotatable bonds is 5. The first-order chi connectivity index (χ1) is 15.1. The maximum absolute atomic E-state index is 14.9. The first-order valence-corrected chi connectivity index (χ1v) is 10.4. The van der Waals surface area contributed by atoms with Crippen molar-refractivity contribution in [3.63, 3.8) is 0 Å². The van der Waals surface area contributed by atoms with Crippen LogP contribution in [-0.4, -0.2) is 42.3 Å². The van der Waals surface area contributed by atoms with Crippen molar-refractivity contribution in [2.24, 2.45) is 7.05 Å². The van der Waals surface area contributed by atoms with E-state index in [1.165, 1.54) is 6.07 Å². The summed E-state index contributed by atoms with van der Waals surface area (Å²) >= 11 is 0. The molecule has 4 rings (SSSR count). The van der Waals surface area contributed by atoms with Crippen molar-refractivity contribution in [1.82, 2.24) is 15.2 Å². The summed E-state index contributed by atoms with van der Waals surface area (Å²) in [6.45, 7) is 1.68. The third-order valence-electron chi connectivity index (χ3n) is 5.64. The van der Waals surface area contributed by atoms with E-state index in [4.69, 9.17) is 4.74 Å². The summed E-state index contributed by atoms with van der Waals surface area (Å²) in [4.78, 5) is 12.4. The highest BCUT2D eigenvalue weighted by Gasteiger charge is 2.24. The number of amides is 1. The number of hydrogen-bond acceptors (Lipinski definition) is 4. The van der Waals surface area contributed by atoms with Gasteiger partial charge in [0, 0.05) is 48.8 Å². The van der Waals surface area contributed by atoms with Gasteiger partial charge in [-0.2, -0.15) is 5.26 Å². The number of hydrogen-bond donors (Lipinski definition) is 2. The molecule has 0 aliphatic carbocycles. The van der Waals surface area contributed by atoms with E-state index in [0.29, 0.717) is 18.7 Å². The molecule has 1 unspecified atom stereocenters. The van der Waals surface area contributed by atoms with Gasteiger partial charge in [-0.25, -0.2) is 4.39 Å². The van der Waals surface area contributed by atoms with Gasteiger partial charge in [-0.3, -0.25) is 4.79 Å². The largest absolute Gasteiger partial charge is 0.367 e. The summed E-state index contributed by atoms with van der Waals surface area (Å²) < 4.78 is 22.5. The minimum absolute atomic E-state index is 0.0869. The molecular weight excluding hydrogens is 395 g/mol. The quantitative estimate of drug-likeness (QED) is 0.665. The fraction of sp³-hybridized carbons (Fsp3) is 0.333. The van der Waals surface area contributed by atoms with Gasteiger partial charge in [-0.15, -0.1) is 0 Å². The molecule has 7 heteroatoms. The summed E-state index contributed by atoms with van der Waals surface area (Å²) in [5.74, 6) is -0.752. The Hall–Kier alpha value is -3.21. The van der Waals surface area contributed by atoms with E-state index in [0.717, 1.165) is 35.1 Å². The zero-order valence-corrected chi connectivity index (χ0v) is 17.4. The minimum atomic E-state index is -0.836. The number of carbonyl (C=O) groups excluding carboxylic acids is 1. The number of halogens is 1. The number of nitrogens with zero attached hydrogens (tertiary/aromatic N) is 2. The Morgan fingerprint density at radius 3 is 2.97 bits per heavy atom. The Labute approximate surface area is 180 Å². The second-order valence-electron chi connectivity index (χ2n) is 7.77. The van der Waals surface area contributed by atoms with Crippen LogP contribution in [0.25, 0.3) is 22.2 Å². The number of nitrogens with one attached hydrogen (secondary N) is 2. The molecule has 0 saturated carbocycles. The molecule has 1 aliphatic heterocycles. The van der Waals surface area contributed by atoms with E-state index in [9.17, 15) is 14.4 Å². The number of nitriles is 1. The van der Waals surface area contributed by atoms with Gasteiger partial charge < -0.3 is 19.9 Å². The molecule has 2 atom stereocenters. The molecule has 6 nitrogen and oxygen atoms in total. The van der Waals surface area contributed by atoms with Gasteiger partial charge in [-0.1, -0.05) is 30.3 Å². The molecule has 160 valence electrons. The fourth-order valence-electron chi connectivity index (χ4n) is 3.93. The van der Waals surface area contributed by atoms with Crippen molar-refractivity contribution in [3.8, 4) is 17.3 Å². The summed E-state index contributed by atoms with van der Waals surface area (Å²) in [6.07, 6.45) is 0.278. The highest BCUT2D eigenvalue weighted by Crippen LogP contribution is 2.28. The average Bonchev–Trinajstić information content (AvgIpc) is 2.95. The van der Waals surface area contributed by atoms with Gasteiger partial charge in [0.1, 0.15) is 18.0 Å². The topological polar surface area (TPSA) is 79.1 Å². The van der Waals surface area contributed by atoms with Crippen molar-refractivity contribution < 1.29 is 13.9 Å². The highest BCUT2D eigenvalue weighted by molar-refractivity contribution is 5.87. The van der Waals surface area contributed by atoms with Crippen LogP contribution in [0, 0.1) is 17.1 Å². The van der Waals surface area contributed by atoms with Crippen LogP contribution in [0.1, 0.15) is 12.0 Å². The van der Waals surface area contributed by atoms with Gasteiger partial charge in [0.25, 0.3) is 5.91 Å². The third-order valence-corrected chi connectivity index (χ3v) is 5.64. The normalized spacial score (nSPS) is 17.6. The van der Waals surface area contributed by atoms with Crippen LogP contribution < -0.4 is 10.6 Å². The lowest BCUT2D eigenvalue weighted by Crippen LogP contribution is -2.46. The second-order valence-corrected chi connectivity index (χ2v) is 7.77. The van der Waals surface area contributed by atoms with Gasteiger partial charge >= 0.3 is 0 Å². The second kappa shape index (κ2) is 9.29. The summed E-state index contributed by atoms with van der Waals surface area (Å²) in [5.41, 5.74) is 3.13. The van der Waals surface area contributed by atoms with Crippen molar-refractivity contribution >= 4 is 16.8 Å². The van der Waals surface area contributed by atoms with E-state index in [1.54, 1.807) is 6.07 Å². The maximum atomic E-state index is 14.9. The SMILES string of the molecule is Cn1c(-c2ccc(CC(C#N)NC(=O)[C@@H]3CNCCCO3)c(F)c2)cc2ccccc21. The monoisotopic (exact) mass is 420 g/mol. The summed E-state index contributed by atoms with van der Waals surface area (Å²) in [6, 6.07) is 16.3. The number of ether oxygens (including phenoxy) is 1. The molecule has 2 N–H and O–H groups in total. The molecule has 1 saturated heterocycles.